The molecule has 0 aliphatic heterocycles. The lowest BCUT2D eigenvalue weighted by molar-refractivity contribution is 0.0696. The largest absolute Gasteiger partial charge is 0.506 e. The molecule has 0 radical (unpaired) electrons. The summed E-state index contributed by atoms with van der Waals surface area (Å²) in [6.07, 6.45) is 1.52. The van der Waals surface area contributed by atoms with Crippen molar-refractivity contribution in [2.45, 2.75) is 0 Å². The van der Waals surface area contributed by atoms with E-state index in [4.69, 9.17) is 5.11 Å². The summed E-state index contributed by atoms with van der Waals surface area (Å²) in [4.78, 5) is 26.8. The Labute approximate surface area is 122 Å². The Morgan fingerprint density at radius 1 is 1.25 bits per heavy atom. The van der Waals surface area contributed by atoms with Crippen LogP contribution >= 0.6 is 15.9 Å². The summed E-state index contributed by atoms with van der Waals surface area (Å²) in [6.45, 7) is 0. The van der Waals surface area contributed by atoms with E-state index in [-0.39, 0.29) is 22.6 Å². The van der Waals surface area contributed by atoms with Gasteiger partial charge < -0.3 is 15.5 Å². The molecule has 0 fully saturated rings. The van der Waals surface area contributed by atoms with E-state index in [9.17, 15) is 14.7 Å². The molecule has 0 aliphatic carbocycles. The number of carbonyl (C=O) groups excluding carboxylic acids is 1. The number of pyridine rings is 1. The quantitative estimate of drug-likeness (QED) is 0.590. The molecule has 102 valence electrons. The van der Waals surface area contributed by atoms with Gasteiger partial charge in [-0.1, -0.05) is 0 Å². The Bertz CT molecular complexity index is 688. The van der Waals surface area contributed by atoms with E-state index >= 15 is 0 Å². The predicted octanol–water partition coefficient (Wildman–Crippen LogP) is 2.50. The minimum Gasteiger partial charge on any atom is -0.506 e. The minimum atomic E-state index is -1.15. The van der Waals surface area contributed by atoms with Crippen LogP contribution in [0, 0.1) is 0 Å². The first kappa shape index (κ1) is 14.0. The summed E-state index contributed by atoms with van der Waals surface area (Å²) in [5.41, 5.74) is 0.252. The van der Waals surface area contributed by atoms with Gasteiger partial charge in [0.25, 0.3) is 5.91 Å². The number of aromatic hydroxyl groups is 1. The molecule has 0 bridgehead atoms. The molecular formula is C13H9BrN2O4. The van der Waals surface area contributed by atoms with Gasteiger partial charge in [0, 0.05) is 6.20 Å². The monoisotopic (exact) mass is 336 g/mol. The summed E-state index contributed by atoms with van der Waals surface area (Å²) < 4.78 is 0.353. The minimum absolute atomic E-state index is 0.0191. The number of aromatic nitrogens is 1. The molecule has 20 heavy (non-hydrogen) atoms. The maximum atomic E-state index is 12.0. The Hall–Kier alpha value is -2.41. The summed E-state index contributed by atoms with van der Waals surface area (Å²) in [7, 11) is 0. The number of phenols is 1. The van der Waals surface area contributed by atoms with E-state index in [2.05, 4.69) is 26.2 Å². The lowest BCUT2D eigenvalue weighted by atomic mass is 10.1. The van der Waals surface area contributed by atoms with E-state index in [0.29, 0.717) is 4.60 Å². The maximum absolute atomic E-state index is 12.0. The number of hydrogen-bond acceptors (Lipinski definition) is 4. The third kappa shape index (κ3) is 2.94. The number of phenolic OH excluding ortho intramolecular Hbond substituents is 1. The van der Waals surface area contributed by atoms with Crippen LogP contribution in [0.3, 0.4) is 0 Å². The third-order valence-electron chi connectivity index (χ3n) is 2.50. The Morgan fingerprint density at radius 3 is 2.65 bits per heavy atom. The highest BCUT2D eigenvalue weighted by atomic mass is 79.9. The number of carbonyl (C=O) groups is 2. The highest BCUT2D eigenvalue weighted by Crippen LogP contribution is 2.25. The van der Waals surface area contributed by atoms with Crippen LogP contribution in [-0.4, -0.2) is 27.1 Å². The molecule has 1 heterocycles. The van der Waals surface area contributed by atoms with Crippen molar-refractivity contribution in [2.75, 3.05) is 5.32 Å². The van der Waals surface area contributed by atoms with E-state index in [1.54, 1.807) is 12.1 Å². The average Bonchev–Trinajstić information content (AvgIpc) is 2.41. The van der Waals surface area contributed by atoms with Crippen LogP contribution in [0.1, 0.15) is 20.7 Å². The smallest absolute Gasteiger partial charge is 0.335 e. The SMILES string of the molecule is O=C(O)c1ccc(O)c(NC(=O)c2cccnc2Br)c1. The normalized spacial score (nSPS) is 10.1. The molecule has 0 unspecified atom stereocenters. The first-order valence-electron chi connectivity index (χ1n) is 5.47. The first-order valence-corrected chi connectivity index (χ1v) is 6.26. The molecule has 2 aromatic rings. The van der Waals surface area contributed by atoms with Gasteiger partial charge in [-0.25, -0.2) is 9.78 Å². The predicted molar refractivity (Wildman–Crippen MR) is 75.0 cm³/mol. The third-order valence-corrected chi connectivity index (χ3v) is 3.13. The maximum Gasteiger partial charge on any atom is 0.335 e. The molecule has 1 amide bonds. The van der Waals surface area contributed by atoms with Gasteiger partial charge in [0.15, 0.2) is 0 Å². The first-order chi connectivity index (χ1) is 9.49. The average molecular weight is 337 g/mol. The number of anilines is 1. The summed E-state index contributed by atoms with van der Waals surface area (Å²) >= 11 is 3.14. The number of benzene rings is 1. The molecule has 0 atom stereocenters. The number of nitrogens with one attached hydrogen (secondary N) is 1. The lowest BCUT2D eigenvalue weighted by Gasteiger charge is -2.09. The van der Waals surface area contributed by atoms with Crippen molar-refractivity contribution in [3.63, 3.8) is 0 Å². The van der Waals surface area contributed by atoms with Crippen LogP contribution in [0.4, 0.5) is 5.69 Å². The van der Waals surface area contributed by atoms with Gasteiger partial charge in [0.2, 0.25) is 0 Å². The lowest BCUT2D eigenvalue weighted by Crippen LogP contribution is -2.13. The number of amides is 1. The molecule has 0 saturated carbocycles. The molecule has 1 aromatic heterocycles. The van der Waals surface area contributed by atoms with Crippen LogP contribution in [-0.2, 0) is 0 Å². The molecular weight excluding hydrogens is 328 g/mol. The van der Waals surface area contributed by atoms with Crippen molar-refractivity contribution in [1.29, 1.82) is 0 Å². The Morgan fingerprint density at radius 2 is 2.00 bits per heavy atom. The van der Waals surface area contributed by atoms with Crippen molar-refractivity contribution >= 4 is 33.5 Å². The van der Waals surface area contributed by atoms with Gasteiger partial charge in [0.05, 0.1) is 16.8 Å². The summed E-state index contributed by atoms with van der Waals surface area (Å²) in [5.74, 6) is -1.88. The molecule has 7 heteroatoms. The van der Waals surface area contributed by atoms with Crippen LogP contribution in [0.15, 0.2) is 41.1 Å². The molecule has 3 N–H and O–H groups in total. The molecule has 6 nitrogen and oxygen atoms in total. The number of halogens is 1. The fraction of sp³-hybridized carbons (Fsp3) is 0. The second kappa shape index (κ2) is 5.70. The number of rotatable bonds is 3. The van der Waals surface area contributed by atoms with E-state index in [1.165, 1.54) is 24.4 Å². The van der Waals surface area contributed by atoms with Crippen LogP contribution in [0.25, 0.3) is 0 Å². The highest BCUT2D eigenvalue weighted by Gasteiger charge is 2.14. The number of hydrogen-bond donors (Lipinski definition) is 3. The van der Waals surface area contributed by atoms with E-state index in [0.717, 1.165) is 0 Å². The Kier molecular flexibility index (Phi) is 3.99. The summed E-state index contributed by atoms with van der Waals surface area (Å²) in [6, 6.07) is 6.77. The van der Waals surface area contributed by atoms with E-state index < -0.39 is 11.9 Å². The molecule has 0 spiro atoms. The van der Waals surface area contributed by atoms with Gasteiger partial charge in [-0.3, -0.25) is 4.79 Å². The highest BCUT2D eigenvalue weighted by molar-refractivity contribution is 9.10. The number of aromatic carboxylic acids is 1. The zero-order chi connectivity index (χ0) is 14.7. The van der Waals surface area contributed by atoms with E-state index in [1.807, 2.05) is 0 Å². The fourth-order valence-corrected chi connectivity index (χ4v) is 1.94. The Balaban J connectivity index is 2.30. The molecule has 0 saturated heterocycles. The zero-order valence-electron chi connectivity index (χ0n) is 10.0. The molecule has 2 rings (SSSR count). The van der Waals surface area contributed by atoms with Crippen molar-refractivity contribution in [3.8, 4) is 5.75 Å². The van der Waals surface area contributed by atoms with Gasteiger partial charge in [-0.15, -0.1) is 0 Å². The van der Waals surface area contributed by atoms with Crippen LogP contribution in [0.5, 0.6) is 5.75 Å². The second-order valence-electron chi connectivity index (χ2n) is 3.83. The van der Waals surface area contributed by atoms with Gasteiger partial charge in [-0.05, 0) is 46.3 Å². The van der Waals surface area contributed by atoms with Gasteiger partial charge in [0.1, 0.15) is 10.4 Å². The number of carboxylic acid groups (broad SMARTS) is 1. The standard InChI is InChI=1S/C13H9BrN2O4/c14-11-8(2-1-5-15-11)12(18)16-9-6-7(13(19)20)3-4-10(9)17/h1-6,17H,(H,16,18)(H,19,20). The van der Waals surface area contributed by atoms with Crippen LogP contribution < -0.4 is 5.32 Å². The van der Waals surface area contributed by atoms with Crippen molar-refractivity contribution in [1.82, 2.24) is 4.98 Å². The number of nitrogens with zero attached hydrogens (tertiary/aromatic N) is 1. The van der Waals surface area contributed by atoms with Crippen LogP contribution in [0.2, 0.25) is 0 Å². The van der Waals surface area contributed by atoms with Gasteiger partial charge in [-0.2, -0.15) is 0 Å². The van der Waals surface area contributed by atoms with Crippen molar-refractivity contribution < 1.29 is 19.8 Å². The second-order valence-corrected chi connectivity index (χ2v) is 4.58. The van der Waals surface area contributed by atoms with Gasteiger partial charge >= 0.3 is 5.97 Å². The number of carboxylic acids is 1. The summed E-state index contributed by atoms with van der Waals surface area (Å²) in [5, 5.41) is 21.0. The molecule has 0 aliphatic rings. The van der Waals surface area contributed by atoms with Crippen molar-refractivity contribution in [2.24, 2.45) is 0 Å². The fourth-order valence-electron chi connectivity index (χ4n) is 1.51. The zero-order valence-corrected chi connectivity index (χ0v) is 11.6. The topological polar surface area (TPSA) is 99.5 Å². The van der Waals surface area contributed by atoms with Crippen molar-refractivity contribution in [3.05, 3.63) is 52.3 Å². The molecule has 1 aromatic carbocycles.